The molecule has 2 fully saturated rings. The Balaban J connectivity index is 0.000000211. The molecule has 0 aromatic carbocycles. The lowest BCUT2D eigenvalue weighted by atomic mass is 9.86. The zero-order valence-electron chi connectivity index (χ0n) is 12.1. The summed E-state index contributed by atoms with van der Waals surface area (Å²) in [5, 5.41) is 3.19. The van der Waals surface area contributed by atoms with Crippen LogP contribution in [0.1, 0.15) is 19.8 Å². The third-order valence-corrected chi connectivity index (χ3v) is 3.63. The van der Waals surface area contributed by atoms with E-state index in [1.54, 1.807) is 11.1 Å². The van der Waals surface area contributed by atoms with E-state index < -0.39 is 18.0 Å². The number of pyridine rings is 1. The number of hydrogen-bond acceptors (Lipinski definition) is 3. The van der Waals surface area contributed by atoms with Crippen molar-refractivity contribution in [2.75, 3.05) is 19.6 Å². The molecule has 4 nitrogen and oxygen atoms in total. The van der Waals surface area contributed by atoms with Crippen molar-refractivity contribution < 1.29 is 22.4 Å². The van der Waals surface area contributed by atoms with Crippen LogP contribution in [0.4, 0.5) is 17.6 Å². The summed E-state index contributed by atoms with van der Waals surface area (Å²) in [6, 6.07) is 2.91. The molecule has 0 N–H and O–H groups in total. The third kappa shape index (κ3) is 3.94. The van der Waals surface area contributed by atoms with Gasteiger partial charge in [0.15, 0.2) is 0 Å². The van der Waals surface area contributed by atoms with Gasteiger partial charge in [-0.15, -0.1) is 0 Å². The topological polar surface area (TPSA) is 36.4 Å². The molecule has 1 aromatic rings. The van der Waals surface area contributed by atoms with E-state index in [1.165, 1.54) is 30.4 Å². The highest BCUT2D eigenvalue weighted by Crippen LogP contribution is 2.41. The minimum absolute atomic E-state index is 0.200. The molecule has 1 unspecified atom stereocenters. The van der Waals surface area contributed by atoms with Crippen LogP contribution in [-0.2, 0) is 4.79 Å². The summed E-state index contributed by atoms with van der Waals surface area (Å²) >= 11 is 0. The summed E-state index contributed by atoms with van der Waals surface area (Å²) in [7, 11) is 0. The quantitative estimate of drug-likeness (QED) is 0.747. The molecule has 0 saturated carbocycles. The maximum absolute atomic E-state index is 12.3. The van der Waals surface area contributed by atoms with Gasteiger partial charge in [0, 0.05) is 25.8 Å². The van der Waals surface area contributed by atoms with Crippen LogP contribution < -0.4 is 0 Å². The summed E-state index contributed by atoms with van der Waals surface area (Å²) in [4.78, 5) is 15.3. The molecule has 122 valence electrons. The molecule has 8 heteroatoms. The van der Waals surface area contributed by atoms with Crippen LogP contribution in [0.3, 0.4) is 0 Å². The Hall–Kier alpha value is -1.70. The van der Waals surface area contributed by atoms with E-state index >= 15 is 0 Å². The number of amides is 1. The van der Waals surface area contributed by atoms with Crippen LogP contribution in [0, 0.1) is 11.2 Å². The lowest BCUT2D eigenvalue weighted by Crippen LogP contribution is -2.36. The first kappa shape index (κ1) is 16.7. The molecule has 2 aliphatic heterocycles. The summed E-state index contributed by atoms with van der Waals surface area (Å²) in [5.41, 5.74) is -1.28. The highest BCUT2D eigenvalue weighted by atomic mass is 19.4. The second kappa shape index (κ2) is 6.20. The van der Waals surface area contributed by atoms with Gasteiger partial charge < -0.3 is 0 Å². The van der Waals surface area contributed by atoms with Crippen molar-refractivity contribution in [2.24, 2.45) is 5.41 Å². The number of nitrogens with zero attached hydrogens (tertiary/aromatic N) is 3. The molecule has 2 saturated heterocycles. The van der Waals surface area contributed by atoms with E-state index in [4.69, 9.17) is 0 Å². The number of halogens is 4. The van der Waals surface area contributed by atoms with E-state index in [-0.39, 0.29) is 18.3 Å². The SMILES string of the molecule is CC1(CC(F)(F)F)CN2CCCN2C1=O.Fc1cccnc1. The summed E-state index contributed by atoms with van der Waals surface area (Å²) in [6.07, 6.45) is -1.74. The third-order valence-electron chi connectivity index (χ3n) is 3.63. The Morgan fingerprint density at radius 2 is 2.09 bits per heavy atom. The predicted molar refractivity (Wildman–Crippen MR) is 70.9 cm³/mol. The molecule has 0 bridgehead atoms. The smallest absolute Gasteiger partial charge is 0.275 e. The Kier molecular flexibility index (Phi) is 4.69. The van der Waals surface area contributed by atoms with Crippen molar-refractivity contribution in [3.8, 4) is 0 Å². The number of aromatic nitrogens is 1. The second-order valence-electron chi connectivity index (χ2n) is 5.69. The highest BCUT2D eigenvalue weighted by molar-refractivity contribution is 5.84. The van der Waals surface area contributed by atoms with Gasteiger partial charge in [0.05, 0.1) is 18.0 Å². The van der Waals surface area contributed by atoms with Crippen molar-refractivity contribution >= 4 is 5.91 Å². The number of carbonyl (C=O) groups excluding carboxylic acids is 1. The van der Waals surface area contributed by atoms with Gasteiger partial charge in [-0.05, 0) is 25.5 Å². The minimum atomic E-state index is -4.27. The van der Waals surface area contributed by atoms with Gasteiger partial charge in [-0.1, -0.05) is 0 Å². The maximum atomic E-state index is 12.3. The Labute approximate surface area is 125 Å². The Morgan fingerprint density at radius 3 is 2.55 bits per heavy atom. The second-order valence-corrected chi connectivity index (χ2v) is 5.69. The van der Waals surface area contributed by atoms with Crippen LogP contribution >= 0.6 is 0 Å². The van der Waals surface area contributed by atoms with Gasteiger partial charge in [0.2, 0.25) is 5.91 Å². The van der Waals surface area contributed by atoms with E-state index in [0.29, 0.717) is 13.1 Å². The molecule has 0 aliphatic carbocycles. The van der Waals surface area contributed by atoms with Gasteiger partial charge >= 0.3 is 6.18 Å². The first-order valence-electron chi connectivity index (χ1n) is 6.90. The summed E-state index contributed by atoms with van der Waals surface area (Å²) < 4.78 is 48.8. The van der Waals surface area contributed by atoms with Crippen molar-refractivity contribution in [3.05, 3.63) is 30.3 Å². The number of carbonyl (C=O) groups is 1. The fraction of sp³-hybridized carbons (Fsp3) is 0.571. The normalized spacial score (nSPS) is 25.0. The lowest BCUT2D eigenvalue weighted by molar-refractivity contribution is -0.165. The zero-order valence-corrected chi connectivity index (χ0v) is 12.1. The molecule has 3 rings (SSSR count). The van der Waals surface area contributed by atoms with Gasteiger partial charge in [0.25, 0.3) is 0 Å². The molecule has 1 amide bonds. The zero-order chi connectivity index (χ0) is 16.4. The van der Waals surface area contributed by atoms with Gasteiger partial charge in [-0.2, -0.15) is 13.2 Å². The van der Waals surface area contributed by atoms with Crippen molar-refractivity contribution in [2.45, 2.75) is 25.9 Å². The van der Waals surface area contributed by atoms with Crippen molar-refractivity contribution in [3.63, 3.8) is 0 Å². The minimum Gasteiger partial charge on any atom is -0.275 e. The molecule has 22 heavy (non-hydrogen) atoms. The van der Waals surface area contributed by atoms with E-state index in [1.807, 2.05) is 0 Å². The largest absolute Gasteiger partial charge is 0.390 e. The number of rotatable bonds is 1. The number of hydrogen-bond donors (Lipinski definition) is 0. The highest BCUT2D eigenvalue weighted by Gasteiger charge is 2.53. The molecule has 1 aromatic heterocycles. The van der Waals surface area contributed by atoms with E-state index in [2.05, 4.69) is 4.98 Å². The number of hydrazine groups is 1. The predicted octanol–water partition coefficient (Wildman–Crippen LogP) is 2.63. The Bertz CT molecular complexity index is 523. The average molecular weight is 319 g/mol. The lowest BCUT2D eigenvalue weighted by Gasteiger charge is -2.22. The average Bonchev–Trinajstić information content (AvgIpc) is 2.92. The van der Waals surface area contributed by atoms with Crippen LogP contribution in [-0.4, -0.2) is 46.7 Å². The molecule has 2 aliphatic rings. The van der Waals surface area contributed by atoms with Crippen molar-refractivity contribution in [1.82, 2.24) is 15.0 Å². The van der Waals surface area contributed by atoms with Crippen LogP contribution in [0.5, 0.6) is 0 Å². The first-order chi connectivity index (χ1) is 10.2. The number of fused-ring (bicyclic) bond motifs is 1. The molecular formula is C14H17F4N3O. The van der Waals surface area contributed by atoms with Crippen LogP contribution in [0.25, 0.3) is 0 Å². The monoisotopic (exact) mass is 319 g/mol. The fourth-order valence-electron chi connectivity index (χ4n) is 2.76. The van der Waals surface area contributed by atoms with E-state index in [0.717, 1.165) is 6.42 Å². The van der Waals surface area contributed by atoms with Crippen LogP contribution in [0.15, 0.2) is 24.5 Å². The Morgan fingerprint density at radius 1 is 1.36 bits per heavy atom. The summed E-state index contributed by atoms with van der Waals surface area (Å²) in [6.45, 7) is 2.86. The molecule has 0 radical (unpaired) electrons. The maximum Gasteiger partial charge on any atom is 0.390 e. The molecule has 1 atom stereocenters. The van der Waals surface area contributed by atoms with Gasteiger partial charge in [-0.25, -0.2) is 9.40 Å². The first-order valence-corrected chi connectivity index (χ1v) is 6.90. The van der Waals surface area contributed by atoms with Crippen molar-refractivity contribution in [1.29, 1.82) is 0 Å². The molecule has 3 heterocycles. The van der Waals surface area contributed by atoms with Gasteiger partial charge in [0.1, 0.15) is 5.82 Å². The van der Waals surface area contributed by atoms with E-state index in [9.17, 15) is 22.4 Å². The summed E-state index contributed by atoms with van der Waals surface area (Å²) in [5.74, 6) is -0.667. The standard InChI is InChI=1S/C9H13F3N2O.C5H4FN/c1-8(5-9(10,11)12)6-13-3-2-4-14(13)7(8)15;6-5-2-1-3-7-4-5/h2-6H2,1H3;1-4H. The van der Waals surface area contributed by atoms with Gasteiger partial charge in [-0.3, -0.25) is 14.8 Å². The fourth-order valence-corrected chi connectivity index (χ4v) is 2.76. The van der Waals surface area contributed by atoms with Crippen LogP contribution in [0.2, 0.25) is 0 Å². The number of alkyl halides is 3. The molecular weight excluding hydrogens is 302 g/mol. The molecule has 0 spiro atoms.